The number of amides is 1. The van der Waals surface area contributed by atoms with Gasteiger partial charge >= 0.3 is 6.09 Å². The Morgan fingerprint density at radius 2 is 1.86 bits per heavy atom. The van der Waals surface area contributed by atoms with E-state index >= 15 is 0 Å². The zero-order valence-electron chi connectivity index (χ0n) is 17.6. The lowest BCUT2D eigenvalue weighted by molar-refractivity contribution is 0.0688. The van der Waals surface area contributed by atoms with Crippen LogP contribution in [0.25, 0.3) is 0 Å². The molecule has 6 heteroatoms. The summed E-state index contributed by atoms with van der Waals surface area (Å²) < 4.78 is 11.7. The van der Waals surface area contributed by atoms with Gasteiger partial charge in [0.05, 0.1) is 7.11 Å². The molecule has 5 nitrogen and oxygen atoms in total. The number of carbonyl (C=O) groups excluding carboxylic acids is 1. The fraction of sp³-hybridized carbons (Fsp3) is 0.696. The Morgan fingerprint density at radius 3 is 2.52 bits per heavy atom. The molecular formula is C23H35BrN2O3. The van der Waals surface area contributed by atoms with E-state index in [4.69, 9.17) is 15.2 Å². The van der Waals surface area contributed by atoms with Crippen LogP contribution in [0.2, 0.25) is 0 Å². The largest absolute Gasteiger partial charge is 0.497 e. The number of ether oxygens (including phenoxy) is 2. The number of carbonyl (C=O) groups is 1. The molecule has 1 aromatic carbocycles. The molecule has 2 N–H and O–H groups in total. The first-order chi connectivity index (χ1) is 14.0. The molecule has 1 amide bonds. The second-order valence-electron chi connectivity index (χ2n) is 8.67. The van der Waals surface area contributed by atoms with E-state index < -0.39 is 6.09 Å². The first kappa shape index (κ1) is 22.4. The molecule has 1 heterocycles. The molecule has 1 saturated heterocycles. The van der Waals surface area contributed by atoms with Crippen LogP contribution in [-0.2, 0) is 11.2 Å². The Hall–Kier alpha value is -1.27. The monoisotopic (exact) mass is 466 g/mol. The van der Waals surface area contributed by atoms with E-state index in [-0.39, 0.29) is 6.10 Å². The highest BCUT2D eigenvalue weighted by Gasteiger charge is 2.24. The van der Waals surface area contributed by atoms with Crippen LogP contribution in [0.5, 0.6) is 5.75 Å². The molecule has 2 aliphatic rings. The molecule has 0 aromatic heterocycles. The molecule has 0 spiro atoms. The van der Waals surface area contributed by atoms with Gasteiger partial charge in [0.15, 0.2) is 0 Å². The Morgan fingerprint density at radius 1 is 1.14 bits per heavy atom. The number of hydrogen-bond acceptors (Lipinski definition) is 4. The lowest BCUT2D eigenvalue weighted by Gasteiger charge is -2.33. The zero-order valence-corrected chi connectivity index (χ0v) is 19.2. The normalized spacial score (nSPS) is 23.7. The van der Waals surface area contributed by atoms with Gasteiger partial charge in [-0.15, -0.1) is 0 Å². The van der Waals surface area contributed by atoms with E-state index in [1.54, 1.807) is 7.11 Å². The molecule has 29 heavy (non-hydrogen) atoms. The summed E-state index contributed by atoms with van der Waals surface area (Å²) >= 11 is 3.69. The second kappa shape index (κ2) is 11.2. The van der Waals surface area contributed by atoms with Gasteiger partial charge in [-0.3, -0.25) is 0 Å². The molecule has 1 aromatic rings. The first-order valence-electron chi connectivity index (χ1n) is 11.0. The molecule has 1 aliphatic heterocycles. The van der Waals surface area contributed by atoms with Crippen LogP contribution in [0.1, 0.15) is 56.9 Å². The molecule has 0 unspecified atom stereocenters. The summed E-state index contributed by atoms with van der Waals surface area (Å²) in [5, 5.41) is 0. The number of nitrogens with zero attached hydrogens (tertiary/aromatic N) is 1. The van der Waals surface area contributed by atoms with Crippen LogP contribution in [0, 0.1) is 11.8 Å². The summed E-state index contributed by atoms with van der Waals surface area (Å²) in [5.41, 5.74) is 6.48. The molecule has 2 fully saturated rings. The second-order valence-corrected chi connectivity index (χ2v) is 9.52. The summed E-state index contributed by atoms with van der Waals surface area (Å²) in [6.45, 7) is 3.64. The van der Waals surface area contributed by atoms with Gasteiger partial charge in [0.25, 0.3) is 0 Å². The number of rotatable bonds is 8. The summed E-state index contributed by atoms with van der Waals surface area (Å²) in [6, 6.07) is 6.27. The minimum Gasteiger partial charge on any atom is -0.497 e. The highest BCUT2D eigenvalue weighted by Crippen LogP contribution is 2.31. The van der Waals surface area contributed by atoms with E-state index in [0.717, 1.165) is 49.7 Å². The van der Waals surface area contributed by atoms with Crippen molar-refractivity contribution in [3.8, 4) is 5.75 Å². The van der Waals surface area contributed by atoms with Crippen LogP contribution in [-0.4, -0.2) is 43.8 Å². The average molecular weight is 467 g/mol. The fourth-order valence-electron chi connectivity index (χ4n) is 4.87. The quantitative estimate of drug-likeness (QED) is 0.575. The van der Waals surface area contributed by atoms with Gasteiger partial charge in [-0.25, -0.2) is 4.79 Å². The third-order valence-electron chi connectivity index (χ3n) is 6.63. The third-order valence-corrected chi connectivity index (χ3v) is 7.41. The number of nitrogens with two attached hydrogens (primary N) is 1. The van der Waals surface area contributed by atoms with Gasteiger partial charge in [0, 0.05) is 4.47 Å². The van der Waals surface area contributed by atoms with Crippen LogP contribution >= 0.6 is 15.9 Å². The number of halogens is 1. The maximum Gasteiger partial charge on any atom is 0.404 e. The van der Waals surface area contributed by atoms with Gasteiger partial charge in [-0.05, 0) is 113 Å². The fourth-order valence-corrected chi connectivity index (χ4v) is 5.27. The highest BCUT2D eigenvalue weighted by atomic mass is 79.9. The van der Waals surface area contributed by atoms with Gasteiger partial charge in [-0.2, -0.15) is 0 Å². The molecule has 162 valence electrons. The summed E-state index contributed by atoms with van der Waals surface area (Å²) in [4.78, 5) is 13.5. The van der Waals surface area contributed by atoms with Crippen molar-refractivity contribution in [1.82, 2.24) is 4.90 Å². The van der Waals surface area contributed by atoms with Crippen molar-refractivity contribution in [1.29, 1.82) is 0 Å². The lowest BCUT2D eigenvalue weighted by Crippen LogP contribution is -2.35. The van der Waals surface area contributed by atoms with Crippen molar-refractivity contribution in [2.75, 3.05) is 26.7 Å². The van der Waals surface area contributed by atoms with Crippen molar-refractivity contribution >= 4 is 22.0 Å². The predicted molar refractivity (Wildman–Crippen MR) is 119 cm³/mol. The van der Waals surface area contributed by atoms with Crippen molar-refractivity contribution < 1.29 is 14.3 Å². The van der Waals surface area contributed by atoms with Crippen LogP contribution in [0.4, 0.5) is 4.79 Å². The number of piperidine rings is 1. The van der Waals surface area contributed by atoms with E-state index in [1.165, 1.54) is 55.4 Å². The maximum absolute atomic E-state index is 10.9. The average Bonchev–Trinajstić information content (AvgIpc) is 2.72. The summed E-state index contributed by atoms with van der Waals surface area (Å²) in [5.74, 6) is 2.48. The molecule has 3 rings (SSSR count). The smallest absolute Gasteiger partial charge is 0.404 e. The zero-order chi connectivity index (χ0) is 20.6. The Kier molecular flexibility index (Phi) is 8.67. The van der Waals surface area contributed by atoms with Gasteiger partial charge in [0.2, 0.25) is 0 Å². The Bertz CT molecular complexity index is 654. The van der Waals surface area contributed by atoms with Gasteiger partial charge < -0.3 is 20.1 Å². The molecule has 0 radical (unpaired) electrons. The SMILES string of the molecule is COc1ccc(Br)c(CC2CCN(CCCC3CCC(OC(N)=O)CC3)CC2)c1. The van der Waals surface area contributed by atoms with Crippen molar-refractivity contribution in [3.05, 3.63) is 28.2 Å². The van der Waals surface area contributed by atoms with Crippen LogP contribution < -0.4 is 10.5 Å². The van der Waals surface area contributed by atoms with E-state index in [9.17, 15) is 4.79 Å². The van der Waals surface area contributed by atoms with Gasteiger partial charge in [0.1, 0.15) is 11.9 Å². The lowest BCUT2D eigenvalue weighted by atomic mass is 9.84. The minimum atomic E-state index is -0.629. The molecular weight excluding hydrogens is 432 g/mol. The molecule has 1 aliphatic carbocycles. The van der Waals surface area contributed by atoms with Crippen molar-refractivity contribution in [2.24, 2.45) is 17.6 Å². The third kappa shape index (κ3) is 7.18. The Labute approximate surface area is 183 Å². The molecule has 1 saturated carbocycles. The number of benzene rings is 1. The number of likely N-dealkylation sites (tertiary alicyclic amines) is 1. The van der Waals surface area contributed by atoms with Crippen LogP contribution in [0.3, 0.4) is 0 Å². The minimum absolute atomic E-state index is 0.0485. The maximum atomic E-state index is 10.9. The Balaban J connectivity index is 1.31. The van der Waals surface area contributed by atoms with Crippen LogP contribution in [0.15, 0.2) is 22.7 Å². The molecule has 0 atom stereocenters. The predicted octanol–water partition coefficient (Wildman–Crippen LogP) is 5.15. The van der Waals surface area contributed by atoms with E-state index in [0.29, 0.717) is 0 Å². The van der Waals surface area contributed by atoms with Crippen molar-refractivity contribution in [3.63, 3.8) is 0 Å². The molecule has 0 bridgehead atoms. The summed E-state index contributed by atoms with van der Waals surface area (Å²) in [6.07, 6.45) is 9.93. The van der Waals surface area contributed by atoms with E-state index in [2.05, 4.69) is 33.0 Å². The van der Waals surface area contributed by atoms with E-state index in [1.807, 2.05) is 6.07 Å². The standard InChI is InChI=1S/C23H35BrN2O3/c1-28-21-8-9-22(24)19(16-21)15-18-10-13-26(14-11-18)12-2-3-17-4-6-20(7-5-17)29-23(25)27/h8-9,16-18,20H,2-7,10-15H2,1H3,(H2,25,27). The van der Waals surface area contributed by atoms with Crippen molar-refractivity contribution in [2.45, 2.75) is 63.9 Å². The van der Waals surface area contributed by atoms with Gasteiger partial charge in [-0.1, -0.05) is 15.9 Å². The highest BCUT2D eigenvalue weighted by molar-refractivity contribution is 9.10. The first-order valence-corrected chi connectivity index (χ1v) is 11.8. The summed E-state index contributed by atoms with van der Waals surface area (Å²) in [7, 11) is 1.73. The number of hydrogen-bond donors (Lipinski definition) is 1. The topological polar surface area (TPSA) is 64.8 Å². The number of methoxy groups -OCH3 is 1. The number of primary amides is 1.